The summed E-state index contributed by atoms with van der Waals surface area (Å²) in [6, 6.07) is 60.0. The van der Waals surface area contributed by atoms with Gasteiger partial charge in [-0.1, -0.05) is 170 Å². The van der Waals surface area contributed by atoms with Gasteiger partial charge < -0.3 is 9.47 Å². The molecule has 4 aliphatic rings. The standard InChI is InChI=1S/C60H48BFN2/c1-58(2,3)36-29-46-42-23-16-24-43-54(42)57(64(38-20-15-19-37(62)31-38)56(43)35-17-9-8-10-18-35)61-51-34-50-45(41-22-12-14-26-48(41)60(50,6)7)33-52(51)63(53(30-36)55(46)61)39-27-28-49-44(32-39)40-21-11-13-25-47(40)59(49,4)5/h8-34H,1-7H3. The first-order valence-corrected chi connectivity index (χ1v) is 22.8. The van der Waals surface area contributed by atoms with Crippen molar-refractivity contribution in [2.24, 2.45) is 0 Å². The van der Waals surface area contributed by atoms with Gasteiger partial charge in [0.25, 0.3) is 6.71 Å². The molecule has 0 amide bonds. The van der Waals surface area contributed by atoms with E-state index in [-0.39, 0.29) is 28.8 Å². The number of halogens is 1. The van der Waals surface area contributed by atoms with Gasteiger partial charge >= 0.3 is 0 Å². The highest BCUT2D eigenvalue weighted by molar-refractivity contribution is 7.00. The molecule has 0 spiro atoms. The lowest BCUT2D eigenvalue weighted by molar-refractivity contribution is 0.590. The first-order chi connectivity index (χ1) is 30.8. The van der Waals surface area contributed by atoms with E-state index in [0.717, 1.165) is 22.6 Å². The third-order valence-corrected chi connectivity index (χ3v) is 15.4. The predicted octanol–water partition coefficient (Wildman–Crippen LogP) is 13.6. The highest BCUT2D eigenvalue weighted by Gasteiger charge is 2.47. The van der Waals surface area contributed by atoms with Gasteiger partial charge in [-0.15, -0.1) is 0 Å². The zero-order valence-electron chi connectivity index (χ0n) is 37.4. The third kappa shape index (κ3) is 4.86. The first kappa shape index (κ1) is 37.6. The molecule has 3 heterocycles. The predicted molar refractivity (Wildman–Crippen MR) is 267 cm³/mol. The van der Waals surface area contributed by atoms with Crippen LogP contribution in [-0.2, 0) is 16.2 Å². The normalized spacial score (nSPS) is 15.4. The van der Waals surface area contributed by atoms with Gasteiger partial charge in [-0.05, 0) is 126 Å². The molecule has 0 atom stereocenters. The summed E-state index contributed by atoms with van der Waals surface area (Å²) >= 11 is 0. The van der Waals surface area contributed by atoms with Crippen LogP contribution in [-0.4, -0.2) is 11.3 Å². The quantitative estimate of drug-likeness (QED) is 0.161. The highest BCUT2D eigenvalue weighted by atomic mass is 19.1. The minimum Gasteiger partial charge on any atom is -0.320 e. The fourth-order valence-corrected chi connectivity index (χ4v) is 12.3. The van der Waals surface area contributed by atoms with Crippen LogP contribution in [0, 0.1) is 5.82 Å². The number of hydrogen-bond donors (Lipinski definition) is 0. The summed E-state index contributed by atoms with van der Waals surface area (Å²) in [6.45, 7) is 16.3. The molecule has 0 N–H and O–H groups in total. The number of rotatable bonds is 3. The molecule has 2 aliphatic heterocycles. The van der Waals surface area contributed by atoms with Gasteiger partial charge in [0.2, 0.25) is 0 Å². The Morgan fingerprint density at radius 2 is 1.14 bits per heavy atom. The van der Waals surface area contributed by atoms with Crippen molar-refractivity contribution >= 4 is 51.1 Å². The zero-order chi connectivity index (χ0) is 43.6. The second kappa shape index (κ2) is 12.6. The lowest BCUT2D eigenvalue weighted by Gasteiger charge is -2.42. The van der Waals surface area contributed by atoms with Gasteiger partial charge in [0.05, 0.1) is 5.69 Å². The highest BCUT2D eigenvalue weighted by Crippen LogP contribution is 2.55. The van der Waals surface area contributed by atoms with Crippen molar-refractivity contribution < 1.29 is 4.39 Å². The summed E-state index contributed by atoms with van der Waals surface area (Å²) in [5.41, 5.74) is 24.3. The number of benzene rings is 8. The Labute approximate surface area is 375 Å². The van der Waals surface area contributed by atoms with Gasteiger partial charge in [0.15, 0.2) is 0 Å². The Kier molecular flexibility index (Phi) is 7.43. The minimum atomic E-state index is -0.248. The Morgan fingerprint density at radius 3 is 1.86 bits per heavy atom. The topological polar surface area (TPSA) is 8.17 Å². The molecule has 8 aromatic carbocycles. The second-order valence-electron chi connectivity index (χ2n) is 20.6. The lowest BCUT2D eigenvalue weighted by atomic mass is 9.33. The van der Waals surface area contributed by atoms with Crippen molar-refractivity contribution in [1.29, 1.82) is 0 Å². The Hall–Kier alpha value is -6.91. The molecule has 2 nitrogen and oxygen atoms in total. The van der Waals surface area contributed by atoms with Crippen molar-refractivity contribution in [3.8, 4) is 50.3 Å². The number of aromatic nitrogens is 1. The van der Waals surface area contributed by atoms with Crippen molar-refractivity contribution in [2.75, 3.05) is 4.90 Å². The number of hydrogen-bond acceptors (Lipinski definition) is 1. The first-order valence-electron chi connectivity index (χ1n) is 22.8. The monoisotopic (exact) mass is 826 g/mol. The summed E-state index contributed by atoms with van der Waals surface area (Å²) in [5, 5.41) is 2.41. The van der Waals surface area contributed by atoms with Crippen LogP contribution in [0.1, 0.15) is 76.3 Å². The SMILES string of the molecule is CC(C)(C)c1cc2c3c(c1)N(c1ccc4c(c1)-c1ccccc1C4(C)C)c1cc4c(cc1B3c1c3c-2cccc3c(-c2ccccc2)n1-c1cccc(F)c1)C(C)(C)c1ccccc1-4. The molecule has 2 aliphatic carbocycles. The van der Waals surface area contributed by atoms with Crippen molar-refractivity contribution in [3.63, 3.8) is 0 Å². The molecule has 0 radical (unpaired) electrons. The van der Waals surface area contributed by atoms with Crippen molar-refractivity contribution in [2.45, 2.75) is 64.7 Å². The molecule has 0 fully saturated rings. The van der Waals surface area contributed by atoms with Crippen LogP contribution in [0.2, 0.25) is 0 Å². The van der Waals surface area contributed by atoms with Crippen LogP contribution >= 0.6 is 0 Å². The summed E-state index contributed by atoms with van der Waals surface area (Å²) in [4.78, 5) is 2.60. The van der Waals surface area contributed by atoms with Crippen LogP contribution in [0.3, 0.4) is 0 Å². The van der Waals surface area contributed by atoms with E-state index in [2.05, 4.69) is 204 Å². The molecule has 9 aromatic rings. The Morgan fingerprint density at radius 1 is 0.500 bits per heavy atom. The molecule has 0 bridgehead atoms. The largest absolute Gasteiger partial charge is 0.320 e. The van der Waals surface area contributed by atoms with Crippen LogP contribution in [0.4, 0.5) is 21.5 Å². The third-order valence-electron chi connectivity index (χ3n) is 15.4. The fourth-order valence-electron chi connectivity index (χ4n) is 12.3. The molecular formula is C60H48BFN2. The Bertz CT molecular complexity index is 3510. The van der Waals surface area contributed by atoms with Crippen LogP contribution in [0.25, 0.3) is 61.1 Å². The van der Waals surface area contributed by atoms with E-state index < -0.39 is 0 Å². The molecule has 0 unspecified atom stereocenters. The summed E-state index contributed by atoms with van der Waals surface area (Å²) in [7, 11) is 0. The van der Waals surface area contributed by atoms with Crippen LogP contribution in [0.15, 0.2) is 164 Å². The zero-order valence-corrected chi connectivity index (χ0v) is 37.4. The van der Waals surface area contributed by atoms with Crippen LogP contribution < -0.4 is 21.4 Å². The average molecular weight is 827 g/mol. The van der Waals surface area contributed by atoms with E-state index >= 15 is 4.39 Å². The van der Waals surface area contributed by atoms with Gasteiger partial charge in [0, 0.05) is 49.9 Å². The van der Waals surface area contributed by atoms with E-state index in [1.54, 1.807) is 12.1 Å². The lowest BCUT2D eigenvalue weighted by Crippen LogP contribution is -2.61. The molecule has 0 saturated carbocycles. The maximum Gasteiger partial charge on any atom is 0.269 e. The van der Waals surface area contributed by atoms with Crippen molar-refractivity contribution in [3.05, 3.63) is 197 Å². The summed E-state index contributed by atoms with van der Waals surface area (Å²) < 4.78 is 18.1. The number of nitrogens with zero attached hydrogens (tertiary/aromatic N) is 2. The van der Waals surface area contributed by atoms with E-state index in [9.17, 15) is 0 Å². The molecule has 308 valence electrons. The maximum atomic E-state index is 15.7. The average Bonchev–Trinajstić information content (AvgIpc) is 3.84. The molecule has 64 heavy (non-hydrogen) atoms. The minimum absolute atomic E-state index is 0.106. The van der Waals surface area contributed by atoms with E-state index in [4.69, 9.17) is 0 Å². The summed E-state index contributed by atoms with van der Waals surface area (Å²) in [6.07, 6.45) is 0. The van der Waals surface area contributed by atoms with Crippen LogP contribution in [0.5, 0.6) is 0 Å². The van der Waals surface area contributed by atoms with Gasteiger partial charge in [-0.25, -0.2) is 4.39 Å². The summed E-state index contributed by atoms with van der Waals surface area (Å²) in [5.74, 6) is -0.248. The van der Waals surface area contributed by atoms with Gasteiger partial charge in [-0.2, -0.15) is 0 Å². The smallest absolute Gasteiger partial charge is 0.269 e. The van der Waals surface area contributed by atoms with E-state index in [1.165, 1.54) is 99.9 Å². The molecular weight excluding hydrogens is 778 g/mol. The maximum absolute atomic E-state index is 15.7. The van der Waals surface area contributed by atoms with E-state index in [1.807, 2.05) is 6.07 Å². The van der Waals surface area contributed by atoms with Crippen molar-refractivity contribution in [1.82, 2.24) is 4.57 Å². The number of anilines is 3. The van der Waals surface area contributed by atoms with E-state index in [0.29, 0.717) is 0 Å². The second-order valence-corrected chi connectivity index (χ2v) is 20.6. The van der Waals surface area contributed by atoms with Gasteiger partial charge in [-0.3, -0.25) is 0 Å². The Balaban J connectivity index is 1.20. The molecule has 13 rings (SSSR count). The molecule has 0 saturated heterocycles. The fraction of sp³-hybridized carbons (Fsp3) is 0.167. The number of fused-ring (bicyclic) bond motifs is 10. The van der Waals surface area contributed by atoms with Gasteiger partial charge in [0.1, 0.15) is 5.82 Å². The molecule has 4 heteroatoms. The molecule has 1 aromatic heterocycles.